The van der Waals surface area contributed by atoms with Crippen molar-refractivity contribution in [3.8, 4) is 0 Å². The number of aliphatic imine (C=N–C) groups is 1. The van der Waals surface area contributed by atoms with Gasteiger partial charge >= 0.3 is 5.97 Å². The minimum Gasteiger partial charge on any atom is -0.466 e. The third-order valence-corrected chi connectivity index (χ3v) is 4.82. The zero-order chi connectivity index (χ0) is 16.4. The summed E-state index contributed by atoms with van der Waals surface area (Å²) in [4.78, 5) is 18.0. The van der Waals surface area contributed by atoms with Crippen molar-refractivity contribution in [3.63, 3.8) is 0 Å². The molecule has 118 valence electrons. The quantitative estimate of drug-likeness (QED) is 0.856. The molecule has 1 N–H and O–H groups in total. The van der Waals surface area contributed by atoms with Crippen molar-refractivity contribution >= 4 is 34.7 Å². The van der Waals surface area contributed by atoms with E-state index in [0.29, 0.717) is 10.6 Å². The molecule has 0 fully saturated rings. The van der Waals surface area contributed by atoms with Crippen LogP contribution >= 0.6 is 22.9 Å². The van der Waals surface area contributed by atoms with Gasteiger partial charge in [0.05, 0.1) is 17.6 Å². The van der Waals surface area contributed by atoms with Crippen molar-refractivity contribution in [2.24, 2.45) is 4.99 Å². The normalized spacial score (nSPS) is 17.5. The third-order valence-electron chi connectivity index (χ3n) is 3.60. The van der Waals surface area contributed by atoms with E-state index in [1.807, 2.05) is 42.6 Å². The number of benzene rings is 1. The Morgan fingerprint density at radius 1 is 1.30 bits per heavy atom. The number of nitrogens with zero attached hydrogens (tertiary/aromatic N) is 1. The maximum absolute atomic E-state index is 12.2. The van der Waals surface area contributed by atoms with Crippen molar-refractivity contribution in [2.75, 3.05) is 7.11 Å². The molecule has 0 bridgehead atoms. The van der Waals surface area contributed by atoms with E-state index in [1.54, 1.807) is 17.4 Å². The van der Waals surface area contributed by atoms with Gasteiger partial charge in [0.15, 0.2) is 0 Å². The summed E-state index contributed by atoms with van der Waals surface area (Å²) in [6, 6.07) is 10.9. The Hall–Kier alpha value is -2.11. The van der Waals surface area contributed by atoms with E-state index < -0.39 is 12.0 Å². The first-order valence-corrected chi connectivity index (χ1v) is 8.29. The molecule has 1 aromatic heterocycles. The standard InChI is InChI=1S/C17H15ClN2O2S/c1-10-14(17(21)22-2)15(11-6-3-4-7-12(11)18)20-16(19-10)13-8-5-9-23-13/h3-9,15H,1-2H3,(H,19,20)/t15-/m1/s1. The Morgan fingerprint density at radius 2 is 2.09 bits per heavy atom. The Bertz CT molecular complexity index is 797. The molecule has 3 rings (SSSR count). The van der Waals surface area contributed by atoms with Crippen LogP contribution in [0.4, 0.5) is 0 Å². The van der Waals surface area contributed by atoms with Gasteiger partial charge in [-0.3, -0.25) is 4.99 Å². The number of amidine groups is 1. The molecule has 0 spiro atoms. The molecule has 6 heteroatoms. The smallest absolute Gasteiger partial charge is 0.338 e. The van der Waals surface area contributed by atoms with E-state index in [4.69, 9.17) is 21.3 Å². The molecule has 1 aliphatic heterocycles. The molecule has 2 aromatic rings. The van der Waals surface area contributed by atoms with E-state index >= 15 is 0 Å². The van der Waals surface area contributed by atoms with Crippen LogP contribution in [0.2, 0.25) is 5.02 Å². The molecule has 0 saturated carbocycles. The molecule has 23 heavy (non-hydrogen) atoms. The maximum atomic E-state index is 12.2. The second-order valence-corrected chi connectivity index (χ2v) is 6.39. The molecule has 2 heterocycles. The highest BCUT2D eigenvalue weighted by atomic mass is 35.5. The number of methoxy groups -OCH3 is 1. The minimum atomic E-state index is -0.491. The summed E-state index contributed by atoms with van der Waals surface area (Å²) in [6.07, 6.45) is 0. The lowest BCUT2D eigenvalue weighted by atomic mass is 9.96. The van der Waals surface area contributed by atoms with Crippen LogP contribution in [-0.4, -0.2) is 18.9 Å². The molecule has 0 aliphatic carbocycles. The fourth-order valence-electron chi connectivity index (χ4n) is 2.51. The van der Waals surface area contributed by atoms with Crippen LogP contribution < -0.4 is 5.32 Å². The number of hydrogen-bond donors (Lipinski definition) is 1. The number of allylic oxidation sites excluding steroid dienone is 1. The summed E-state index contributed by atoms with van der Waals surface area (Å²) >= 11 is 7.91. The van der Waals surface area contributed by atoms with E-state index in [9.17, 15) is 4.79 Å². The topological polar surface area (TPSA) is 50.7 Å². The molecule has 1 atom stereocenters. The lowest BCUT2D eigenvalue weighted by Gasteiger charge is -2.26. The summed E-state index contributed by atoms with van der Waals surface area (Å²) < 4.78 is 4.93. The Balaban J connectivity index is 2.13. The average molecular weight is 347 g/mol. The molecule has 4 nitrogen and oxygen atoms in total. The summed E-state index contributed by atoms with van der Waals surface area (Å²) in [5.41, 5.74) is 1.98. The van der Waals surface area contributed by atoms with Gasteiger partial charge in [0, 0.05) is 16.3 Å². The molecular formula is C17H15ClN2O2S. The van der Waals surface area contributed by atoms with Gasteiger partial charge in [0.25, 0.3) is 0 Å². The van der Waals surface area contributed by atoms with Crippen LogP contribution in [-0.2, 0) is 9.53 Å². The molecule has 0 radical (unpaired) electrons. The van der Waals surface area contributed by atoms with Crippen LogP contribution in [0.1, 0.15) is 23.4 Å². The fraction of sp³-hybridized carbons (Fsp3) is 0.176. The third kappa shape index (κ3) is 3.02. The van der Waals surface area contributed by atoms with Crippen LogP contribution in [0.3, 0.4) is 0 Å². The largest absolute Gasteiger partial charge is 0.466 e. The van der Waals surface area contributed by atoms with Crippen molar-refractivity contribution < 1.29 is 9.53 Å². The van der Waals surface area contributed by atoms with Crippen molar-refractivity contribution in [1.29, 1.82) is 0 Å². The molecule has 0 amide bonds. The first-order valence-electron chi connectivity index (χ1n) is 7.04. The van der Waals surface area contributed by atoms with Crippen molar-refractivity contribution in [2.45, 2.75) is 13.0 Å². The van der Waals surface area contributed by atoms with Gasteiger partial charge < -0.3 is 10.1 Å². The Labute approximate surface area is 143 Å². The van der Waals surface area contributed by atoms with Crippen LogP contribution in [0.25, 0.3) is 0 Å². The molecular weight excluding hydrogens is 332 g/mol. The number of rotatable bonds is 3. The van der Waals surface area contributed by atoms with Gasteiger partial charge in [-0.15, -0.1) is 11.3 Å². The first-order chi connectivity index (χ1) is 11.1. The fourth-order valence-corrected chi connectivity index (χ4v) is 3.43. The zero-order valence-electron chi connectivity index (χ0n) is 12.7. The summed E-state index contributed by atoms with van der Waals surface area (Å²) in [6.45, 7) is 1.85. The number of halogens is 1. The second-order valence-electron chi connectivity index (χ2n) is 5.03. The van der Waals surface area contributed by atoms with Gasteiger partial charge in [-0.1, -0.05) is 35.9 Å². The summed E-state index contributed by atoms with van der Waals surface area (Å²) in [5, 5.41) is 5.76. The van der Waals surface area contributed by atoms with E-state index in [2.05, 4.69) is 5.32 Å². The minimum absolute atomic E-state index is 0.408. The number of carbonyl (C=O) groups is 1. The lowest BCUT2D eigenvalue weighted by Crippen LogP contribution is -2.32. The summed E-state index contributed by atoms with van der Waals surface area (Å²) in [5.74, 6) is 0.323. The lowest BCUT2D eigenvalue weighted by molar-refractivity contribution is -0.136. The zero-order valence-corrected chi connectivity index (χ0v) is 14.2. The first kappa shape index (κ1) is 15.8. The molecule has 0 unspecified atom stereocenters. The van der Waals surface area contributed by atoms with Crippen molar-refractivity contribution in [3.05, 3.63) is 68.5 Å². The highest BCUT2D eigenvalue weighted by molar-refractivity contribution is 7.12. The number of hydrogen-bond acceptors (Lipinski definition) is 5. The Morgan fingerprint density at radius 3 is 2.74 bits per heavy atom. The molecule has 0 saturated heterocycles. The summed E-state index contributed by atoms with van der Waals surface area (Å²) in [7, 11) is 1.37. The predicted octanol–water partition coefficient (Wildman–Crippen LogP) is 3.94. The van der Waals surface area contributed by atoms with E-state index in [0.717, 1.165) is 22.0 Å². The Kier molecular flexibility index (Phi) is 4.50. The highest BCUT2D eigenvalue weighted by Crippen LogP contribution is 2.36. The molecule has 1 aromatic carbocycles. The monoisotopic (exact) mass is 346 g/mol. The molecule has 1 aliphatic rings. The number of nitrogens with one attached hydrogen (secondary N) is 1. The number of ether oxygens (including phenoxy) is 1. The van der Waals surface area contributed by atoms with Gasteiger partial charge in [0.1, 0.15) is 11.9 Å². The van der Waals surface area contributed by atoms with Crippen LogP contribution in [0.5, 0.6) is 0 Å². The SMILES string of the molecule is COC(=O)C1=C(C)NC(c2cccs2)=N[C@@H]1c1ccccc1Cl. The highest BCUT2D eigenvalue weighted by Gasteiger charge is 2.31. The van der Waals surface area contributed by atoms with Crippen molar-refractivity contribution in [1.82, 2.24) is 5.32 Å². The number of carbonyl (C=O) groups excluding carboxylic acids is 1. The van der Waals surface area contributed by atoms with E-state index in [1.165, 1.54) is 7.11 Å². The number of thiophene rings is 1. The number of esters is 1. The predicted molar refractivity (Wildman–Crippen MR) is 92.9 cm³/mol. The van der Waals surface area contributed by atoms with Gasteiger partial charge in [-0.05, 0) is 24.4 Å². The van der Waals surface area contributed by atoms with Gasteiger partial charge in [-0.25, -0.2) is 4.79 Å². The second kappa shape index (κ2) is 6.56. The average Bonchev–Trinajstić information content (AvgIpc) is 3.08. The van der Waals surface area contributed by atoms with E-state index in [-0.39, 0.29) is 0 Å². The van der Waals surface area contributed by atoms with Gasteiger partial charge in [-0.2, -0.15) is 0 Å². The van der Waals surface area contributed by atoms with Gasteiger partial charge in [0.2, 0.25) is 0 Å². The van der Waals surface area contributed by atoms with Crippen LogP contribution in [0.15, 0.2) is 58.0 Å². The maximum Gasteiger partial charge on any atom is 0.338 e. The van der Waals surface area contributed by atoms with Crippen LogP contribution in [0, 0.1) is 0 Å².